The highest BCUT2D eigenvalue weighted by atomic mass is 19.2. The summed E-state index contributed by atoms with van der Waals surface area (Å²) >= 11 is 0. The van der Waals surface area contributed by atoms with E-state index in [4.69, 9.17) is 4.74 Å². The van der Waals surface area contributed by atoms with Gasteiger partial charge in [0.1, 0.15) is 11.7 Å². The molecule has 1 aromatic rings. The predicted octanol–water partition coefficient (Wildman–Crippen LogP) is 7.36. The Balaban J connectivity index is 2.62. The molecule has 0 radical (unpaired) electrons. The summed E-state index contributed by atoms with van der Waals surface area (Å²) in [5.74, 6) is -5.94. The number of hydrogen-bond donors (Lipinski definition) is 0. The molecule has 166 valence electrons. The maximum Gasteiger partial charge on any atom is 0.341 e. The summed E-state index contributed by atoms with van der Waals surface area (Å²) in [6.45, 7) is 4.23. The van der Waals surface area contributed by atoms with Crippen molar-refractivity contribution in [3.8, 4) is 5.75 Å². The Bertz CT molecular complexity index is 620. The summed E-state index contributed by atoms with van der Waals surface area (Å²) in [5, 5.41) is 0. The van der Waals surface area contributed by atoms with Gasteiger partial charge in [-0.15, -0.1) is 0 Å². The van der Waals surface area contributed by atoms with Gasteiger partial charge in [-0.2, -0.15) is 4.39 Å². The van der Waals surface area contributed by atoms with Crippen LogP contribution in [0.4, 0.5) is 13.2 Å². The molecule has 3 nitrogen and oxygen atoms in total. The lowest BCUT2D eigenvalue weighted by molar-refractivity contribution is 0.0243. The van der Waals surface area contributed by atoms with Crippen molar-refractivity contribution < 1.29 is 27.4 Å². The van der Waals surface area contributed by atoms with Crippen molar-refractivity contribution in [2.45, 2.75) is 97.0 Å². The smallest absolute Gasteiger partial charge is 0.341 e. The summed E-state index contributed by atoms with van der Waals surface area (Å²) in [5.41, 5.74) is -0.641. The number of hydrogen-bond acceptors (Lipinski definition) is 3. The van der Waals surface area contributed by atoms with E-state index >= 15 is 0 Å². The molecule has 0 N–H and O–H groups in total. The molecule has 0 aliphatic carbocycles. The van der Waals surface area contributed by atoms with Crippen LogP contribution >= 0.6 is 0 Å². The quantitative estimate of drug-likeness (QED) is 0.170. The van der Waals surface area contributed by atoms with Gasteiger partial charge in [0.2, 0.25) is 5.82 Å². The highest BCUT2D eigenvalue weighted by Gasteiger charge is 2.26. The molecule has 1 unspecified atom stereocenters. The maximum atomic E-state index is 14.3. The molecule has 0 aromatic heterocycles. The van der Waals surface area contributed by atoms with E-state index < -0.39 is 34.7 Å². The number of ether oxygens (including phenoxy) is 2. The minimum Gasteiger partial charge on any atom is -0.491 e. The maximum absolute atomic E-state index is 14.3. The minimum absolute atomic E-state index is 0.360. The average Bonchev–Trinajstić information content (AvgIpc) is 2.70. The van der Waals surface area contributed by atoms with Crippen molar-refractivity contribution >= 4 is 5.97 Å². The normalized spacial score (nSPS) is 12.1. The zero-order valence-electron chi connectivity index (χ0n) is 18.0. The Hall–Kier alpha value is -1.72. The van der Waals surface area contributed by atoms with E-state index in [-0.39, 0.29) is 6.10 Å². The van der Waals surface area contributed by atoms with Crippen LogP contribution in [0.15, 0.2) is 6.07 Å². The Morgan fingerprint density at radius 2 is 1.41 bits per heavy atom. The number of benzene rings is 1. The van der Waals surface area contributed by atoms with Gasteiger partial charge in [-0.05, 0) is 25.3 Å². The molecule has 0 spiro atoms. The summed E-state index contributed by atoms with van der Waals surface area (Å²) < 4.78 is 51.6. The van der Waals surface area contributed by atoms with Crippen molar-refractivity contribution in [2.24, 2.45) is 0 Å². The van der Waals surface area contributed by atoms with Gasteiger partial charge in [0.15, 0.2) is 17.4 Å². The lowest BCUT2D eigenvalue weighted by Crippen LogP contribution is -2.20. The molecule has 0 fully saturated rings. The van der Waals surface area contributed by atoms with Crippen molar-refractivity contribution in [2.75, 3.05) is 7.11 Å². The Kier molecular flexibility index (Phi) is 12.5. The van der Waals surface area contributed by atoms with Gasteiger partial charge in [0.05, 0.1) is 7.11 Å². The van der Waals surface area contributed by atoms with E-state index in [2.05, 4.69) is 11.7 Å². The molecule has 0 amide bonds. The number of halogens is 3. The first kappa shape index (κ1) is 25.3. The van der Waals surface area contributed by atoms with Crippen molar-refractivity contribution in [1.29, 1.82) is 0 Å². The monoisotopic (exact) mass is 416 g/mol. The highest BCUT2D eigenvalue weighted by Crippen LogP contribution is 2.28. The molecular weight excluding hydrogens is 381 g/mol. The third kappa shape index (κ3) is 8.67. The molecule has 0 bridgehead atoms. The molecule has 0 heterocycles. The number of carbonyl (C=O) groups excluding carboxylic acids is 1. The third-order valence-electron chi connectivity index (χ3n) is 5.07. The summed E-state index contributed by atoms with van der Waals surface area (Å²) in [6, 6.07) is 0.530. The second-order valence-electron chi connectivity index (χ2n) is 7.50. The van der Waals surface area contributed by atoms with Crippen LogP contribution in [0.25, 0.3) is 0 Å². The minimum atomic E-state index is -1.46. The summed E-state index contributed by atoms with van der Waals surface area (Å²) in [7, 11) is 1.02. The number of esters is 1. The lowest BCUT2D eigenvalue weighted by Gasteiger charge is -2.18. The van der Waals surface area contributed by atoms with Gasteiger partial charge in [0.25, 0.3) is 0 Å². The second kappa shape index (κ2) is 14.3. The largest absolute Gasteiger partial charge is 0.491 e. The van der Waals surface area contributed by atoms with Gasteiger partial charge in [0, 0.05) is 0 Å². The molecule has 0 aliphatic heterocycles. The molecule has 1 rings (SSSR count). The molecule has 0 aliphatic rings. The van der Waals surface area contributed by atoms with E-state index in [1.807, 2.05) is 6.92 Å². The van der Waals surface area contributed by atoms with Crippen molar-refractivity contribution in [3.63, 3.8) is 0 Å². The summed E-state index contributed by atoms with van der Waals surface area (Å²) in [6.07, 6.45) is 12.2. The predicted molar refractivity (Wildman–Crippen MR) is 109 cm³/mol. The van der Waals surface area contributed by atoms with Crippen LogP contribution in [0, 0.1) is 17.5 Å². The Morgan fingerprint density at radius 1 is 0.862 bits per heavy atom. The van der Waals surface area contributed by atoms with E-state index in [0.29, 0.717) is 18.9 Å². The van der Waals surface area contributed by atoms with Gasteiger partial charge < -0.3 is 9.47 Å². The molecule has 1 aromatic carbocycles. The molecular formula is C23H35F3O3. The van der Waals surface area contributed by atoms with E-state index in [1.54, 1.807) is 0 Å². The third-order valence-corrected chi connectivity index (χ3v) is 5.07. The van der Waals surface area contributed by atoms with Crippen LogP contribution in [-0.2, 0) is 4.74 Å². The van der Waals surface area contributed by atoms with E-state index in [1.165, 1.54) is 32.1 Å². The van der Waals surface area contributed by atoms with Gasteiger partial charge in [-0.1, -0.05) is 71.6 Å². The fourth-order valence-corrected chi connectivity index (χ4v) is 3.32. The van der Waals surface area contributed by atoms with Gasteiger partial charge in [-0.3, -0.25) is 0 Å². The van der Waals surface area contributed by atoms with Gasteiger partial charge >= 0.3 is 5.97 Å². The number of methoxy groups -OCH3 is 1. The number of unbranched alkanes of at least 4 members (excludes halogenated alkanes) is 8. The van der Waals surface area contributed by atoms with Gasteiger partial charge in [-0.25, -0.2) is 13.6 Å². The van der Waals surface area contributed by atoms with E-state index in [9.17, 15) is 18.0 Å². The highest BCUT2D eigenvalue weighted by molar-refractivity contribution is 5.90. The van der Waals surface area contributed by atoms with Crippen LogP contribution in [0.1, 0.15) is 101 Å². The molecule has 6 heteroatoms. The fraction of sp³-hybridized carbons (Fsp3) is 0.696. The van der Waals surface area contributed by atoms with Crippen LogP contribution in [0.2, 0.25) is 0 Å². The first-order valence-electron chi connectivity index (χ1n) is 10.9. The Morgan fingerprint density at radius 3 is 2.00 bits per heavy atom. The van der Waals surface area contributed by atoms with Crippen LogP contribution in [0.5, 0.6) is 5.75 Å². The zero-order chi connectivity index (χ0) is 21.6. The van der Waals surface area contributed by atoms with Crippen LogP contribution < -0.4 is 4.74 Å². The fourth-order valence-electron chi connectivity index (χ4n) is 3.32. The average molecular weight is 417 g/mol. The van der Waals surface area contributed by atoms with Crippen molar-refractivity contribution in [1.82, 2.24) is 0 Å². The standard InChI is InChI=1S/C23H35F3O3/c1-4-6-8-9-10-11-12-13-15-17(14-7-5-2)29-23(27)18-16-19(24)21(26)22(28-3)20(18)25/h16-17H,4-15H2,1-3H3. The second-order valence-corrected chi connectivity index (χ2v) is 7.50. The Labute approximate surface area is 173 Å². The first-order chi connectivity index (χ1) is 14.0. The van der Waals surface area contributed by atoms with Crippen molar-refractivity contribution in [3.05, 3.63) is 29.1 Å². The SMILES string of the molecule is CCCCCCCCCCC(CCCC)OC(=O)c1cc(F)c(F)c(OC)c1F. The lowest BCUT2D eigenvalue weighted by atomic mass is 10.0. The summed E-state index contributed by atoms with van der Waals surface area (Å²) in [4.78, 5) is 12.4. The molecule has 1 atom stereocenters. The topological polar surface area (TPSA) is 35.5 Å². The molecule has 0 saturated heterocycles. The number of rotatable bonds is 15. The molecule has 0 saturated carbocycles. The van der Waals surface area contributed by atoms with Crippen LogP contribution in [0.3, 0.4) is 0 Å². The number of carbonyl (C=O) groups is 1. The van der Waals surface area contributed by atoms with Crippen LogP contribution in [-0.4, -0.2) is 19.2 Å². The zero-order valence-corrected chi connectivity index (χ0v) is 18.0. The first-order valence-corrected chi connectivity index (χ1v) is 10.9. The molecule has 29 heavy (non-hydrogen) atoms. The van der Waals surface area contributed by atoms with E-state index in [0.717, 1.165) is 39.2 Å².